The van der Waals surface area contributed by atoms with E-state index in [0.29, 0.717) is 5.69 Å². The molecule has 3 rings (SSSR count). The molecule has 1 aliphatic rings. The Labute approximate surface area is 180 Å². The van der Waals surface area contributed by atoms with Gasteiger partial charge in [0.15, 0.2) is 0 Å². The van der Waals surface area contributed by atoms with E-state index in [-0.39, 0.29) is 23.4 Å². The second kappa shape index (κ2) is 10.1. The topological polar surface area (TPSA) is 66.5 Å². The predicted molar refractivity (Wildman–Crippen MR) is 121 cm³/mol. The first-order valence-electron chi connectivity index (χ1n) is 10.8. The Balaban J connectivity index is 1.83. The Hall–Kier alpha value is -2.34. The van der Waals surface area contributed by atoms with E-state index in [4.69, 9.17) is 0 Å². The van der Waals surface area contributed by atoms with Crippen LogP contribution in [0.2, 0.25) is 0 Å². The number of hydrogen-bond acceptors (Lipinski definition) is 3. The highest BCUT2D eigenvalue weighted by atomic mass is 32.2. The van der Waals surface area contributed by atoms with Gasteiger partial charge in [-0.3, -0.25) is 9.10 Å². The van der Waals surface area contributed by atoms with Gasteiger partial charge in [0.25, 0.3) is 10.0 Å². The maximum absolute atomic E-state index is 13.4. The predicted octanol–water partition coefficient (Wildman–Crippen LogP) is 4.73. The van der Waals surface area contributed by atoms with Crippen LogP contribution >= 0.6 is 0 Å². The molecular weight excluding hydrogens is 396 g/mol. The molecule has 1 saturated carbocycles. The average molecular weight is 429 g/mol. The molecule has 6 heteroatoms. The van der Waals surface area contributed by atoms with Crippen molar-refractivity contribution >= 4 is 21.6 Å². The molecule has 0 bridgehead atoms. The standard InChI is InChI=1S/C24H32N2O3S/c1-19-10-14-22(15-11-19)26(30(28,29)23-16-12-20(2)13-17-23)18-24(27)25-21-8-6-4-3-5-7-9-21/h10-17,21H,3-9,18H2,1-2H3,(H,25,27). The second-order valence-electron chi connectivity index (χ2n) is 8.27. The first-order valence-corrected chi connectivity index (χ1v) is 12.3. The Morgan fingerprint density at radius 3 is 1.93 bits per heavy atom. The van der Waals surface area contributed by atoms with Gasteiger partial charge in [-0.05, 0) is 51.0 Å². The molecule has 1 amide bonds. The largest absolute Gasteiger partial charge is 0.352 e. The SMILES string of the molecule is Cc1ccc(N(CC(=O)NC2CCCCCCC2)S(=O)(=O)c2ccc(C)cc2)cc1. The zero-order chi connectivity index (χ0) is 21.6. The van der Waals surface area contributed by atoms with Crippen LogP contribution in [-0.4, -0.2) is 26.9 Å². The van der Waals surface area contributed by atoms with Gasteiger partial charge in [-0.1, -0.05) is 67.5 Å². The minimum atomic E-state index is -3.86. The van der Waals surface area contributed by atoms with Gasteiger partial charge in [0.2, 0.25) is 5.91 Å². The lowest BCUT2D eigenvalue weighted by atomic mass is 9.97. The van der Waals surface area contributed by atoms with E-state index in [0.717, 1.165) is 36.8 Å². The third-order valence-corrected chi connectivity index (χ3v) is 7.48. The normalized spacial score (nSPS) is 15.8. The van der Waals surface area contributed by atoms with Crippen LogP contribution in [0.15, 0.2) is 53.4 Å². The van der Waals surface area contributed by atoms with Crippen LogP contribution in [0.25, 0.3) is 0 Å². The van der Waals surface area contributed by atoms with Crippen LogP contribution in [0.1, 0.15) is 56.1 Å². The average Bonchev–Trinajstić information content (AvgIpc) is 2.69. The summed E-state index contributed by atoms with van der Waals surface area (Å²) in [7, 11) is -3.86. The Bertz CT molecular complexity index is 929. The van der Waals surface area contributed by atoms with Crippen molar-refractivity contribution in [1.82, 2.24) is 5.32 Å². The van der Waals surface area contributed by atoms with Crippen LogP contribution in [0.4, 0.5) is 5.69 Å². The molecule has 2 aromatic carbocycles. The van der Waals surface area contributed by atoms with Gasteiger partial charge < -0.3 is 5.32 Å². The lowest BCUT2D eigenvalue weighted by Crippen LogP contribution is -2.44. The smallest absolute Gasteiger partial charge is 0.264 e. The third-order valence-electron chi connectivity index (χ3n) is 5.69. The van der Waals surface area contributed by atoms with Crippen LogP contribution < -0.4 is 9.62 Å². The van der Waals surface area contributed by atoms with Crippen molar-refractivity contribution in [3.63, 3.8) is 0 Å². The van der Waals surface area contributed by atoms with Crippen LogP contribution in [-0.2, 0) is 14.8 Å². The summed E-state index contributed by atoms with van der Waals surface area (Å²) in [5.41, 5.74) is 2.51. The summed E-state index contributed by atoms with van der Waals surface area (Å²) in [5, 5.41) is 3.09. The molecule has 0 heterocycles. The quantitative estimate of drug-likeness (QED) is 0.723. The molecule has 5 nitrogen and oxygen atoms in total. The number of carbonyl (C=O) groups excluding carboxylic acids is 1. The molecule has 1 fully saturated rings. The number of amides is 1. The first kappa shape index (κ1) is 22.3. The van der Waals surface area contributed by atoms with Crippen molar-refractivity contribution in [3.05, 3.63) is 59.7 Å². The lowest BCUT2D eigenvalue weighted by molar-refractivity contribution is -0.120. The van der Waals surface area contributed by atoms with E-state index in [2.05, 4.69) is 5.32 Å². The summed E-state index contributed by atoms with van der Waals surface area (Å²) >= 11 is 0. The molecule has 0 radical (unpaired) electrons. The fraction of sp³-hybridized carbons (Fsp3) is 0.458. The van der Waals surface area contributed by atoms with Crippen LogP contribution in [0.5, 0.6) is 0 Å². The zero-order valence-corrected chi connectivity index (χ0v) is 18.7. The van der Waals surface area contributed by atoms with E-state index in [9.17, 15) is 13.2 Å². The highest BCUT2D eigenvalue weighted by molar-refractivity contribution is 7.92. The van der Waals surface area contributed by atoms with Crippen molar-refractivity contribution in [2.45, 2.75) is 69.7 Å². The Morgan fingerprint density at radius 2 is 1.37 bits per heavy atom. The van der Waals surface area contributed by atoms with Gasteiger partial charge in [0.1, 0.15) is 6.54 Å². The first-order chi connectivity index (χ1) is 14.4. The van der Waals surface area contributed by atoms with Gasteiger partial charge in [0, 0.05) is 6.04 Å². The highest BCUT2D eigenvalue weighted by Gasteiger charge is 2.28. The van der Waals surface area contributed by atoms with Crippen LogP contribution in [0.3, 0.4) is 0 Å². The fourth-order valence-electron chi connectivity index (χ4n) is 3.87. The molecule has 2 aromatic rings. The molecule has 1 aliphatic carbocycles. The van der Waals surface area contributed by atoms with Gasteiger partial charge in [0.05, 0.1) is 10.6 Å². The number of sulfonamides is 1. The minimum Gasteiger partial charge on any atom is -0.352 e. The summed E-state index contributed by atoms with van der Waals surface area (Å²) in [6, 6.07) is 14.1. The van der Waals surface area contributed by atoms with Gasteiger partial charge in [-0.15, -0.1) is 0 Å². The minimum absolute atomic E-state index is 0.125. The molecule has 162 valence electrons. The Morgan fingerprint density at radius 1 is 0.867 bits per heavy atom. The summed E-state index contributed by atoms with van der Waals surface area (Å²) in [6.07, 6.45) is 7.79. The van der Waals surface area contributed by atoms with Crippen LogP contribution in [0, 0.1) is 13.8 Å². The highest BCUT2D eigenvalue weighted by Crippen LogP contribution is 2.24. The second-order valence-corrected chi connectivity index (χ2v) is 10.1. The molecule has 0 aromatic heterocycles. The van der Waals surface area contributed by atoms with E-state index in [1.54, 1.807) is 36.4 Å². The van der Waals surface area contributed by atoms with Crippen molar-refractivity contribution in [1.29, 1.82) is 0 Å². The molecule has 1 N–H and O–H groups in total. The van der Waals surface area contributed by atoms with E-state index in [1.165, 1.54) is 23.6 Å². The number of hydrogen-bond donors (Lipinski definition) is 1. The van der Waals surface area contributed by atoms with Gasteiger partial charge >= 0.3 is 0 Å². The molecule has 0 unspecified atom stereocenters. The fourth-order valence-corrected chi connectivity index (χ4v) is 5.29. The summed E-state index contributed by atoms with van der Waals surface area (Å²) < 4.78 is 28.0. The van der Waals surface area contributed by atoms with Crippen molar-refractivity contribution in [2.75, 3.05) is 10.8 Å². The summed E-state index contributed by atoms with van der Waals surface area (Å²) in [4.78, 5) is 13.1. The molecule has 0 spiro atoms. The molecule has 30 heavy (non-hydrogen) atoms. The van der Waals surface area contributed by atoms with E-state index < -0.39 is 10.0 Å². The number of carbonyl (C=O) groups is 1. The number of anilines is 1. The number of nitrogens with one attached hydrogen (secondary N) is 1. The Kier molecular flexibility index (Phi) is 7.53. The number of aryl methyl sites for hydroxylation is 2. The molecular formula is C24H32N2O3S. The van der Waals surface area contributed by atoms with E-state index in [1.807, 2.05) is 26.0 Å². The number of benzene rings is 2. The molecule has 0 aliphatic heterocycles. The summed E-state index contributed by atoms with van der Waals surface area (Å²) in [5.74, 6) is -0.253. The summed E-state index contributed by atoms with van der Waals surface area (Å²) in [6.45, 7) is 3.64. The van der Waals surface area contributed by atoms with Crippen molar-refractivity contribution in [3.8, 4) is 0 Å². The van der Waals surface area contributed by atoms with Gasteiger partial charge in [-0.25, -0.2) is 8.42 Å². The number of nitrogens with zero attached hydrogens (tertiary/aromatic N) is 1. The monoisotopic (exact) mass is 428 g/mol. The molecule has 0 saturated heterocycles. The maximum Gasteiger partial charge on any atom is 0.264 e. The van der Waals surface area contributed by atoms with Crippen molar-refractivity contribution < 1.29 is 13.2 Å². The van der Waals surface area contributed by atoms with E-state index >= 15 is 0 Å². The molecule has 0 atom stereocenters. The third kappa shape index (κ3) is 5.85. The van der Waals surface area contributed by atoms with Gasteiger partial charge in [-0.2, -0.15) is 0 Å². The maximum atomic E-state index is 13.4. The number of rotatable bonds is 6. The lowest BCUT2D eigenvalue weighted by Gasteiger charge is -2.26. The van der Waals surface area contributed by atoms with Crippen molar-refractivity contribution in [2.24, 2.45) is 0 Å². The zero-order valence-electron chi connectivity index (χ0n) is 17.9.